The summed E-state index contributed by atoms with van der Waals surface area (Å²) in [5.41, 5.74) is 0.581. The van der Waals surface area contributed by atoms with Crippen LogP contribution in [0.4, 0.5) is 5.69 Å². The van der Waals surface area contributed by atoms with Crippen molar-refractivity contribution in [2.45, 2.75) is 12.3 Å². The molecule has 9 heteroatoms. The van der Waals surface area contributed by atoms with E-state index in [0.29, 0.717) is 11.3 Å². The third kappa shape index (κ3) is 3.64. The summed E-state index contributed by atoms with van der Waals surface area (Å²) in [6.07, 6.45) is 0. The maximum atomic E-state index is 12.0. The Kier molecular flexibility index (Phi) is 6.05. The van der Waals surface area contributed by atoms with Crippen molar-refractivity contribution in [3.63, 3.8) is 0 Å². The van der Waals surface area contributed by atoms with Crippen LogP contribution in [0.1, 0.15) is 16.6 Å². The molecule has 1 unspecified atom stereocenters. The molecule has 22 heavy (non-hydrogen) atoms. The number of rotatable bonds is 4. The van der Waals surface area contributed by atoms with E-state index in [2.05, 4.69) is 5.10 Å². The predicted octanol–water partition coefficient (Wildman–Crippen LogP) is -2.29. The van der Waals surface area contributed by atoms with E-state index < -0.39 is 21.1 Å². The molecule has 1 atom stereocenters. The van der Waals surface area contributed by atoms with Gasteiger partial charge in [0.05, 0.1) is 5.69 Å². The van der Waals surface area contributed by atoms with Crippen LogP contribution in [0.15, 0.2) is 35.1 Å². The Morgan fingerprint density at radius 2 is 1.82 bits per heavy atom. The molecule has 2 rings (SSSR count). The average molecular weight is 333 g/mol. The summed E-state index contributed by atoms with van der Waals surface area (Å²) in [4.78, 5) is 13.2. The van der Waals surface area contributed by atoms with Gasteiger partial charge in [0.15, 0.2) is 0 Å². The van der Waals surface area contributed by atoms with Crippen molar-refractivity contribution in [3.05, 3.63) is 51.9 Å². The van der Waals surface area contributed by atoms with Crippen LogP contribution >= 0.6 is 0 Å². The molecule has 1 aromatic heterocycles. The first kappa shape index (κ1) is 19.0. The zero-order valence-corrected chi connectivity index (χ0v) is 15.7. The molecule has 0 bridgehead atoms. The quantitative estimate of drug-likeness (QED) is 0.501. The Bertz CT molecular complexity index is 798. The van der Waals surface area contributed by atoms with Gasteiger partial charge in [0.25, 0.3) is 5.56 Å². The number of hydrogen-bond donors (Lipinski definition) is 1. The number of nitrogens with zero attached hydrogens (tertiary/aromatic N) is 2. The molecule has 1 heterocycles. The molecule has 0 radical (unpaired) electrons. The van der Waals surface area contributed by atoms with Gasteiger partial charge in [-0.1, -0.05) is 30.3 Å². The van der Waals surface area contributed by atoms with E-state index in [0.717, 1.165) is 0 Å². The summed E-state index contributed by atoms with van der Waals surface area (Å²) >= 11 is 0. The Labute approximate surface area is 151 Å². The molecule has 0 amide bonds. The van der Waals surface area contributed by atoms with Crippen LogP contribution in [0.3, 0.4) is 0 Å². The predicted molar refractivity (Wildman–Crippen MR) is 78.1 cm³/mol. The molecule has 0 aliphatic rings. The second-order valence-electron chi connectivity index (χ2n) is 4.80. The number of benzene rings is 1. The normalized spacial score (nSPS) is 12.5. The van der Waals surface area contributed by atoms with E-state index in [-0.39, 0.29) is 35.2 Å². The summed E-state index contributed by atoms with van der Waals surface area (Å²) in [7, 11) is -1.62. The van der Waals surface area contributed by atoms with Crippen molar-refractivity contribution in [1.29, 1.82) is 0 Å². The summed E-state index contributed by atoms with van der Waals surface area (Å²) in [5.74, 6) is 0. The number of anilines is 1. The standard InChI is InChI=1S/C13H17N3O4S.Na/c1-9-11(12(17)14-16(9)3)15(2)13(21(18,19)20)10-7-5-4-6-8-10;/h4-8,13H,1-3H3,(H,14,17)(H,18,19,20);/q;+1/p-1. The molecule has 0 aliphatic carbocycles. The van der Waals surface area contributed by atoms with Crippen molar-refractivity contribution in [2.75, 3.05) is 11.9 Å². The molecule has 7 nitrogen and oxygen atoms in total. The minimum absolute atomic E-state index is 0. The molecule has 0 saturated carbocycles. The number of aromatic nitrogens is 2. The van der Waals surface area contributed by atoms with Gasteiger partial charge in [-0.15, -0.1) is 0 Å². The number of hydrogen-bond acceptors (Lipinski definition) is 5. The van der Waals surface area contributed by atoms with Gasteiger partial charge in [0.2, 0.25) is 0 Å². The van der Waals surface area contributed by atoms with E-state index >= 15 is 0 Å². The van der Waals surface area contributed by atoms with Crippen LogP contribution in [0, 0.1) is 6.92 Å². The molecule has 114 valence electrons. The maximum absolute atomic E-state index is 12.0. The zero-order valence-electron chi connectivity index (χ0n) is 12.9. The summed E-state index contributed by atoms with van der Waals surface area (Å²) < 4.78 is 36.5. The van der Waals surface area contributed by atoms with Crippen molar-refractivity contribution >= 4 is 15.8 Å². The molecule has 1 N–H and O–H groups in total. The van der Waals surface area contributed by atoms with E-state index in [9.17, 15) is 17.8 Å². The first-order valence-corrected chi connectivity index (χ1v) is 7.68. The Hall–Kier alpha value is -1.06. The van der Waals surface area contributed by atoms with Crippen LogP contribution in [-0.2, 0) is 17.2 Å². The zero-order chi connectivity index (χ0) is 15.8. The van der Waals surface area contributed by atoms with Crippen molar-refractivity contribution in [1.82, 2.24) is 9.78 Å². The third-order valence-corrected chi connectivity index (χ3v) is 4.53. The van der Waals surface area contributed by atoms with Crippen LogP contribution in [-0.4, -0.2) is 29.8 Å². The van der Waals surface area contributed by atoms with E-state index in [1.807, 2.05) is 0 Å². The Morgan fingerprint density at radius 1 is 1.27 bits per heavy atom. The van der Waals surface area contributed by atoms with Crippen LogP contribution in [0.25, 0.3) is 0 Å². The summed E-state index contributed by atoms with van der Waals surface area (Å²) in [5, 5.41) is 1.08. The van der Waals surface area contributed by atoms with Gasteiger partial charge in [0, 0.05) is 14.1 Å². The third-order valence-electron chi connectivity index (χ3n) is 3.39. The molecular weight excluding hydrogens is 317 g/mol. The van der Waals surface area contributed by atoms with Crippen LogP contribution in [0.2, 0.25) is 0 Å². The van der Waals surface area contributed by atoms with Crippen molar-refractivity contribution < 1.29 is 42.5 Å². The number of aromatic amines is 1. The minimum atomic E-state index is -4.68. The average Bonchev–Trinajstić information content (AvgIpc) is 2.63. The number of H-pyrrole nitrogens is 1. The van der Waals surface area contributed by atoms with Gasteiger partial charge in [-0.05, 0) is 12.5 Å². The van der Waals surface area contributed by atoms with Crippen molar-refractivity contribution in [2.24, 2.45) is 7.05 Å². The molecule has 1 aromatic carbocycles. The smallest absolute Gasteiger partial charge is 0.746 e. The minimum Gasteiger partial charge on any atom is -0.746 e. The van der Waals surface area contributed by atoms with Gasteiger partial charge in [-0.3, -0.25) is 14.6 Å². The maximum Gasteiger partial charge on any atom is 1.00 e. The summed E-state index contributed by atoms with van der Waals surface area (Å²) in [6.45, 7) is 1.67. The van der Waals surface area contributed by atoms with E-state index in [1.54, 1.807) is 44.3 Å². The molecule has 0 aliphatic heterocycles. The first-order valence-electron chi connectivity index (χ1n) is 6.21. The van der Waals surface area contributed by atoms with Gasteiger partial charge in [0.1, 0.15) is 21.2 Å². The Morgan fingerprint density at radius 3 is 2.23 bits per heavy atom. The fourth-order valence-corrected chi connectivity index (χ4v) is 3.33. The largest absolute Gasteiger partial charge is 1.00 e. The second-order valence-corrected chi connectivity index (χ2v) is 6.23. The van der Waals surface area contributed by atoms with E-state index in [4.69, 9.17) is 0 Å². The van der Waals surface area contributed by atoms with Gasteiger partial charge in [-0.25, -0.2) is 8.42 Å². The van der Waals surface area contributed by atoms with Crippen LogP contribution in [0.5, 0.6) is 0 Å². The fourth-order valence-electron chi connectivity index (χ4n) is 2.35. The topological polar surface area (TPSA) is 98.2 Å². The molecular formula is C13H16N3NaO4S. The fraction of sp³-hybridized carbons (Fsp3) is 0.308. The number of aryl methyl sites for hydroxylation is 1. The van der Waals surface area contributed by atoms with Crippen LogP contribution < -0.4 is 40.0 Å². The Balaban J connectivity index is 0.00000242. The van der Waals surface area contributed by atoms with Gasteiger partial charge in [-0.2, -0.15) is 0 Å². The van der Waals surface area contributed by atoms with Gasteiger partial charge < -0.3 is 9.45 Å². The van der Waals surface area contributed by atoms with Crippen molar-refractivity contribution in [3.8, 4) is 0 Å². The first-order chi connectivity index (χ1) is 9.73. The molecule has 2 aromatic rings. The second kappa shape index (κ2) is 7.01. The summed E-state index contributed by atoms with van der Waals surface area (Å²) in [6, 6.07) is 8.09. The molecule has 0 spiro atoms. The van der Waals surface area contributed by atoms with E-state index in [1.165, 1.54) is 16.6 Å². The molecule has 0 fully saturated rings. The van der Waals surface area contributed by atoms with Gasteiger partial charge >= 0.3 is 29.6 Å². The number of nitrogens with one attached hydrogen (secondary N) is 1. The monoisotopic (exact) mass is 333 g/mol. The SMILES string of the molecule is Cc1c(N(C)C(c2ccccc2)S(=O)(=O)[O-])c(=O)[nH]n1C.[Na+]. The molecule has 0 saturated heterocycles.